The Bertz CT molecular complexity index is 692. The molecule has 1 heterocycles. The lowest BCUT2D eigenvalue weighted by Gasteiger charge is -2.14. The van der Waals surface area contributed by atoms with Gasteiger partial charge in [-0.1, -0.05) is 6.07 Å². The van der Waals surface area contributed by atoms with E-state index in [4.69, 9.17) is 0 Å². The Morgan fingerprint density at radius 1 is 1.41 bits per heavy atom. The predicted molar refractivity (Wildman–Crippen MR) is 85.0 cm³/mol. The molecular weight excluding hydrogens is 302 g/mol. The first-order valence-electron chi connectivity index (χ1n) is 6.56. The van der Waals surface area contributed by atoms with Crippen LogP contribution in [0.1, 0.15) is 28.9 Å². The van der Waals surface area contributed by atoms with Crippen molar-refractivity contribution in [1.82, 2.24) is 10.3 Å². The van der Waals surface area contributed by atoms with E-state index in [1.54, 1.807) is 31.5 Å². The Kier molecular flexibility index (Phi) is 5.11. The molecule has 2 aromatic rings. The molecule has 0 bridgehead atoms. The molecule has 2 rings (SSSR count). The normalized spacial score (nSPS) is 11.7. The molecule has 1 unspecified atom stereocenters. The topological polar surface area (TPSA) is 85.1 Å². The monoisotopic (exact) mass is 317 g/mol. The number of nitro groups is 1. The summed E-state index contributed by atoms with van der Waals surface area (Å²) in [5.74, 6) is -0.473. The van der Waals surface area contributed by atoms with E-state index in [1.165, 1.54) is 23.9 Å². The van der Waals surface area contributed by atoms with Crippen molar-refractivity contribution in [1.29, 1.82) is 0 Å². The van der Waals surface area contributed by atoms with Crippen molar-refractivity contribution in [2.24, 2.45) is 0 Å². The minimum Gasteiger partial charge on any atom is -0.345 e. The zero-order valence-electron chi connectivity index (χ0n) is 12.1. The Balaban J connectivity index is 2.27. The summed E-state index contributed by atoms with van der Waals surface area (Å²) < 4.78 is 0. The van der Waals surface area contributed by atoms with Crippen LogP contribution < -0.4 is 5.32 Å². The number of carbonyl (C=O) groups excluding carboxylic acids is 1. The maximum atomic E-state index is 12.4. The number of carbonyl (C=O) groups is 1. The Hall–Kier alpha value is -2.41. The molecule has 1 aromatic heterocycles. The predicted octanol–water partition coefficient (Wildman–Crippen LogP) is 3.20. The number of hydrogen-bond acceptors (Lipinski definition) is 5. The van der Waals surface area contributed by atoms with Crippen LogP contribution in [0.4, 0.5) is 5.69 Å². The van der Waals surface area contributed by atoms with E-state index in [9.17, 15) is 14.9 Å². The van der Waals surface area contributed by atoms with E-state index in [0.29, 0.717) is 0 Å². The number of thioether (sulfide) groups is 1. The van der Waals surface area contributed by atoms with Gasteiger partial charge in [-0.3, -0.25) is 19.9 Å². The smallest absolute Gasteiger partial charge is 0.282 e. The standard InChI is InChI=1S/C15H15N3O3S/c1-10(11-4-3-7-16-9-11)17-15(19)13-8-12(22-2)5-6-14(13)18(20)21/h3-10H,1-2H3,(H,17,19). The fourth-order valence-electron chi connectivity index (χ4n) is 1.97. The molecule has 0 radical (unpaired) electrons. The van der Waals surface area contributed by atoms with Gasteiger partial charge in [0.25, 0.3) is 11.6 Å². The first-order valence-corrected chi connectivity index (χ1v) is 7.78. The zero-order valence-corrected chi connectivity index (χ0v) is 13.0. The molecule has 1 aromatic carbocycles. The second kappa shape index (κ2) is 7.04. The van der Waals surface area contributed by atoms with Gasteiger partial charge in [-0.2, -0.15) is 0 Å². The Morgan fingerprint density at radius 3 is 2.77 bits per heavy atom. The minimum absolute atomic E-state index is 0.0626. The van der Waals surface area contributed by atoms with E-state index >= 15 is 0 Å². The average molecular weight is 317 g/mol. The SMILES string of the molecule is CSc1ccc([N+](=O)[O-])c(C(=O)NC(C)c2cccnc2)c1. The van der Waals surface area contributed by atoms with Gasteiger partial charge in [0, 0.05) is 23.4 Å². The molecule has 0 aliphatic rings. The van der Waals surface area contributed by atoms with Gasteiger partial charge in [0.2, 0.25) is 0 Å². The summed E-state index contributed by atoms with van der Waals surface area (Å²) in [6.07, 6.45) is 5.14. The van der Waals surface area contributed by atoms with Crippen LogP contribution in [0.3, 0.4) is 0 Å². The van der Waals surface area contributed by atoms with E-state index in [0.717, 1.165) is 10.5 Å². The third-order valence-electron chi connectivity index (χ3n) is 3.18. The molecule has 1 N–H and O–H groups in total. The number of amides is 1. The van der Waals surface area contributed by atoms with Gasteiger partial charge >= 0.3 is 0 Å². The highest BCUT2D eigenvalue weighted by atomic mass is 32.2. The van der Waals surface area contributed by atoms with Crippen molar-refractivity contribution in [3.05, 3.63) is 64.0 Å². The lowest BCUT2D eigenvalue weighted by Crippen LogP contribution is -2.27. The van der Waals surface area contributed by atoms with Crippen molar-refractivity contribution in [3.63, 3.8) is 0 Å². The third-order valence-corrected chi connectivity index (χ3v) is 3.90. The summed E-state index contributed by atoms with van der Waals surface area (Å²) in [7, 11) is 0. The molecule has 0 fully saturated rings. The molecule has 1 atom stereocenters. The number of rotatable bonds is 5. The van der Waals surface area contributed by atoms with Crippen LogP contribution in [0.5, 0.6) is 0 Å². The van der Waals surface area contributed by atoms with Crippen molar-refractivity contribution in [2.75, 3.05) is 6.26 Å². The van der Waals surface area contributed by atoms with Crippen LogP contribution in [0.25, 0.3) is 0 Å². The van der Waals surface area contributed by atoms with Crippen molar-refractivity contribution in [3.8, 4) is 0 Å². The van der Waals surface area contributed by atoms with Crippen LogP contribution in [0.2, 0.25) is 0 Å². The summed E-state index contributed by atoms with van der Waals surface area (Å²) in [5, 5.41) is 13.9. The fraction of sp³-hybridized carbons (Fsp3) is 0.200. The highest BCUT2D eigenvalue weighted by Gasteiger charge is 2.22. The number of hydrogen-bond donors (Lipinski definition) is 1. The van der Waals surface area contributed by atoms with Gasteiger partial charge in [-0.15, -0.1) is 11.8 Å². The van der Waals surface area contributed by atoms with E-state index in [1.807, 2.05) is 12.3 Å². The molecule has 114 valence electrons. The molecule has 0 saturated heterocycles. The minimum atomic E-state index is -0.548. The quantitative estimate of drug-likeness (QED) is 0.520. The van der Waals surface area contributed by atoms with Crippen LogP contribution in [-0.2, 0) is 0 Å². The number of nitrogens with one attached hydrogen (secondary N) is 1. The first-order chi connectivity index (χ1) is 10.5. The second-order valence-corrected chi connectivity index (χ2v) is 5.50. The highest BCUT2D eigenvalue weighted by molar-refractivity contribution is 7.98. The maximum Gasteiger partial charge on any atom is 0.282 e. The Morgan fingerprint density at radius 2 is 2.18 bits per heavy atom. The van der Waals surface area contributed by atoms with Gasteiger partial charge < -0.3 is 5.32 Å². The summed E-state index contributed by atoms with van der Waals surface area (Å²) in [4.78, 5) is 27.7. The third kappa shape index (κ3) is 3.62. The lowest BCUT2D eigenvalue weighted by molar-refractivity contribution is -0.385. The van der Waals surface area contributed by atoms with Gasteiger partial charge in [0.15, 0.2) is 0 Å². The van der Waals surface area contributed by atoms with Gasteiger partial charge in [-0.25, -0.2) is 0 Å². The summed E-state index contributed by atoms with van der Waals surface area (Å²) in [5.41, 5.74) is 0.695. The average Bonchev–Trinajstić information content (AvgIpc) is 2.54. The molecular formula is C15H15N3O3S. The van der Waals surface area contributed by atoms with Crippen LogP contribution in [0.15, 0.2) is 47.6 Å². The maximum absolute atomic E-state index is 12.4. The number of nitrogens with zero attached hydrogens (tertiary/aromatic N) is 2. The van der Waals surface area contributed by atoms with E-state index in [-0.39, 0.29) is 17.3 Å². The molecule has 0 saturated carbocycles. The summed E-state index contributed by atoms with van der Waals surface area (Å²) in [6, 6.07) is 7.84. The van der Waals surface area contributed by atoms with Gasteiger partial charge in [0.05, 0.1) is 11.0 Å². The number of nitro benzene ring substituents is 1. The number of pyridine rings is 1. The molecule has 0 aliphatic carbocycles. The van der Waals surface area contributed by atoms with Crippen LogP contribution >= 0.6 is 11.8 Å². The van der Waals surface area contributed by atoms with Crippen molar-refractivity contribution in [2.45, 2.75) is 17.9 Å². The number of aromatic nitrogens is 1. The van der Waals surface area contributed by atoms with Crippen LogP contribution in [-0.4, -0.2) is 22.1 Å². The molecule has 6 nitrogen and oxygen atoms in total. The molecule has 7 heteroatoms. The Labute approximate surface area is 132 Å². The fourth-order valence-corrected chi connectivity index (χ4v) is 2.41. The lowest BCUT2D eigenvalue weighted by atomic mass is 10.1. The van der Waals surface area contributed by atoms with Crippen molar-refractivity contribution < 1.29 is 9.72 Å². The zero-order chi connectivity index (χ0) is 16.1. The molecule has 22 heavy (non-hydrogen) atoms. The van der Waals surface area contributed by atoms with Crippen molar-refractivity contribution >= 4 is 23.4 Å². The summed E-state index contributed by atoms with van der Waals surface area (Å²) in [6.45, 7) is 1.80. The second-order valence-electron chi connectivity index (χ2n) is 4.62. The van der Waals surface area contributed by atoms with Gasteiger partial charge in [0.1, 0.15) is 5.56 Å². The van der Waals surface area contributed by atoms with E-state index < -0.39 is 10.8 Å². The summed E-state index contributed by atoms with van der Waals surface area (Å²) >= 11 is 1.42. The largest absolute Gasteiger partial charge is 0.345 e. The molecule has 1 amide bonds. The van der Waals surface area contributed by atoms with Gasteiger partial charge in [-0.05, 0) is 36.9 Å². The molecule has 0 spiro atoms. The van der Waals surface area contributed by atoms with Crippen LogP contribution in [0, 0.1) is 10.1 Å². The first kappa shape index (κ1) is 16.0. The molecule has 0 aliphatic heterocycles. The highest BCUT2D eigenvalue weighted by Crippen LogP contribution is 2.25. The number of benzene rings is 1. The van der Waals surface area contributed by atoms with E-state index in [2.05, 4.69) is 10.3 Å².